The number of carbonyl (C=O) groups excluding carboxylic acids is 1. The van der Waals surface area contributed by atoms with Gasteiger partial charge in [0.15, 0.2) is 0 Å². The molecule has 28 heavy (non-hydrogen) atoms. The van der Waals surface area contributed by atoms with Gasteiger partial charge in [0.1, 0.15) is 5.82 Å². The lowest BCUT2D eigenvalue weighted by molar-refractivity contribution is 0.102. The normalized spacial score (nSPS) is 10.6. The maximum atomic E-state index is 12.6. The van der Waals surface area contributed by atoms with Crippen molar-refractivity contribution in [1.82, 2.24) is 19.7 Å². The Bertz CT molecular complexity index is 1090. The SMILES string of the molecule is Nc1ncc(-c2cnn(Cc3ccccc3)c2)cc1C(=O)Nc1ccncc1. The molecule has 3 heterocycles. The highest BCUT2D eigenvalue weighted by molar-refractivity contribution is 6.07. The number of rotatable bonds is 5. The lowest BCUT2D eigenvalue weighted by atomic mass is 10.1. The number of nitrogens with zero attached hydrogens (tertiary/aromatic N) is 4. The molecule has 138 valence electrons. The Kier molecular flexibility index (Phi) is 4.79. The van der Waals surface area contributed by atoms with Crippen molar-refractivity contribution in [3.05, 3.63) is 90.6 Å². The molecule has 0 bridgehead atoms. The van der Waals surface area contributed by atoms with Gasteiger partial charge in [-0.1, -0.05) is 30.3 Å². The zero-order chi connectivity index (χ0) is 19.3. The molecule has 4 rings (SSSR count). The number of anilines is 2. The highest BCUT2D eigenvalue weighted by Gasteiger charge is 2.14. The first-order chi connectivity index (χ1) is 13.7. The molecule has 7 nitrogen and oxygen atoms in total. The standard InChI is InChI=1S/C21H18N6O/c22-20-19(21(28)26-18-6-8-23-9-7-18)10-16(11-24-20)17-12-25-27(14-17)13-15-4-2-1-3-5-15/h1-12,14H,13H2,(H2,22,24)(H,23,26,28). The number of benzene rings is 1. The number of nitrogen functional groups attached to an aromatic ring is 1. The molecule has 0 saturated heterocycles. The van der Waals surface area contributed by atoms with Gasteiger partial charge in [0.25, 0.3) is 5.91 Å². The monoisotopic (exact) mass is 370 g/mol. The number of aromatic nitrogens is 4. The van der Waals surface area contributed by atoms with Crippen LogP contribution >= 0.6 is 0 Å². The van der Waals surface area contributed by atoms with Crippen molar-refractivity contribution in [3.63, 3.8) is 0 Å². The van der Waals surface area contributed by atoms with Crippen molar-refractivity contribution >= 4 is 17.4 Å². The summed E-state index contributed by atoms with van der Waals surface area (Å²) in [5.41, 5.74) is 9.67. The van der Waals surface area contributed by atoms with Crippen molar-refractivity contribution in [1.29, 1.82) is 0 Å². The predicted molar refractivity (Wildman–Crippen MR) is 108 cm³/mol. The van der Waals surface area contributed by atoms with E-state index in [-0.39, 0.29) is 11.7 Å². The lowest BCUT2D eigenvalue weighted by Crippen LogP contribution is -2.15. The van der Waals surface area contributed by atoms with Crippen LogP contribution in [0, 0.1) is 0 Å². The van der Waals surface area contributed by atoms with Crippen LogP contribution in [0.25, 0.3) is 11.1 Å². The molecule has 0 spiro atoms. The maximum absolute atomic E-state index is 12.6. The summed E-state index contributed by atoms with van der Waals surface area (Å²) in [5, 5.41) is 7.20. The van der Waals surface area contributed by atoms with Gasteiger partial charge in [0.05, 0.1) is 18.3 Å². The third kappa shape index (κ3) is 3.88. The molecule has 0 unspecified atom stereocenters. The molecule has 0 aliphatic rings. The molecular formula is C21H18N6O. The number of nitrogens with two attached hydrogens (primary N) is 1. The van der Waals surface area contributed by atoms with Gasteiger partial charge in [-0.2, -0.15) is 5.10 Å². The van der Waals surface area contributed by atoms with Crippen LogP contribution in [0.5, 0.6) is 0 Å². The average Bonchev–Trinajstić information content (AvgIpc) is 3.18. The number of pyridine rings is 2. The number of hydrogen-bond donors (Lipinski definition) is 2. The van der Waals surface area contributed by atoms with Gasteiger partial charge in [-0.05, 0) is 23.8 Å². The third-order valence-electron chi connectivity index (χ3n) is 4.26. The second-order valence-electron chi connectivity index (χ2n) is 6.26. The molecular weight excluding hydrogens is 352 g/mol. The van der Waals surface area contributed by atoms with Crippen molar-refractivity contribution in [2.24, 2.45) is 0 Å². The van der Waals surface area contributed by atoms with Gasteiger partial charge >= 0.3 is 0 Å². The number of nitrogens with one attached hydrogen (secondary N) is 1. The van der Waals surface area contributed by atoms with E-state index in [9.17, 15) is 4.79 Å². The minimum Gasteiger partial charge on any atom is -0.383 e. The zero-order valence-corrected chi connectivity index (χ0v) is 15.0. The van der Waals surface area contributed by atoms with Crippen LogP contribution in [0.3, 0.4) is 0 Å². The topological polar surface area (TPSA) is 98.7 Å². The fourth-order valence-electron chi connectivity index (χ4n) is 2.82. The van der Waals surface area contributed by atoms with Crippen LogP contribution in [-0.4, -0.2) is 25.7 Å². The smallest absolute Gasteiger partial charge is 0.259 e. The highest BCUT2D eigenvalue weighted by Crippen LogP contribution is 2.22. The summed E-state index contributed by atoms with van der Waals surface area (Å²) in [6.45, 7) is 0.665. The van der Waals surface area contributed by atoms with E-state index in [1.165, 1.54) is 0 Å². The summed E-state index contributed by atoms with van der Waals surface area (Å²) >= 11 is 0. The summed E-state index contributed by atoms with van der Waals surface area (Å²) in [5.74, 6) is -0.151. The molecule has 0 saturated carbocycles. The Morgan fingerprint density at radius 1 is 1.04 bits per heavy atom. The summed E-state index contributed by atoms with van der Waals surface area (Å²) in [4.78, 5) is 20.7. The third-order valence-corrected chi connectivity index (χ3v) is 4.26. The van der Waals surface area contributed by atoms with Crippen LogP contribution < -0.4 is 11.1 Å². The van der Waals surface area contributed by atoms with E-state index < -0.39 is 0 Å². The quantitative estimate of drug-likeness (QED) is 0.562. The van der Waals surface area contributed by atoms with E-state index in [2.05, 4.69) is 20.4 Å². The fraction of sp³-hybridized carbons (Fsp3) is 0.0476. The Hall–Kier alpha value is -4.00. The van der Waals surface area contributed by atoms with E-state index in [0.29, 0.717) is 17.8 Å². The molecule has 7 heteroatoms. The van der Waals surface area contributed by atoms with Crippen LogP contribution in [0.4, 0.5) is 11.5 Å². The molecule has 1 amide bonds. The summed E-state index contributed by atoms with van der Waals surface area (Å²) in [6, 6.07) is 15.2. The number of amides is 1. The van der Waals surface area contributed by atoms with Gasteiger partial charge in [-0.3, -0.25) is 14.5 Å². The first-order valence-electron chi connectivity index (χ1n) is 8.73. The molecule has 0 aliphatic carbocycles. The molecule has 4 aromatic rings. The fourth-order valence-corrected chi connectivity index (χ4v) is 2.82. The van der Waals surface area contributed by atoms with Crippen LogP contribution in [0.2, 0.25) is 0 Å². The van der Waals surface area contributed by atoms with Crippen molar-refractivity contribution in [2.75, 3.05) is 11.1 Å². The summed E-state index contributed by atoms with van der Waals surface area (Å²) < 4.78 is 1.84. The summed E-state index contributed by atoms with van der Waals surface area (Å²) in [7, 11) is 0. The number of hydrogen-bond acceptors (Lipinski definition) is 5. The molecule has 0 aliphatic heterocycles. The molecule has 3 aromatic heterocycles. The second-order valence-corrected chi connectivity index (χ2v) is 6.26. The molecule has 0 atom stereocenters. The lowest BCUT2D eigenvalue weighted by Gasteiger charge is -2.08. The van der Waals surface area contributed by atoms with Crippen LogP contribution in [0.1, 0.15) is 15.9 Å². The zero-order valence-electron chi connectivity index (χ0n) is 15.0. The van der Waals surface area contributed by atoms with E-state index in [1.807, 2.05) is 41.2 Å². The molecule has 3 N–H and O–H groups in total. The van der Waals surface area contributed by atoms with Crippen molar-refractivity contribution < 1.29 is 4.79 Å². The first kappa shape index (κ1) is 17.4. The predicted octanol–water partition coefficient (Wildman–Crippen LogP) is 3.22. The van der Waals surface area contributed by atoms with Gasteiger partial charge in [-0.15, -0.1) is 0 Å². The first-order valence-corrected chi connectivity index (χ1v) is 8.73. The Balaban J connectivity index is 1.56. The van der Waals surface area contributed by atoms with E-state index >= 15 is 0 Å². The number of carbonyl (C=O) groups is 1. The van der Waals surface area contributed by atoms with Gasteiger partial charge in [-0.25, -0.2) is 4.98 Å². The maximum Gasteiger partial charge on any atom is 0.259 e. The average molecular weight is 370 g/mol. The van der Waals surface area contributed by atoms with Gasteiger partial charge in [0, 0.05) is 41.6 Å². The van der Waals surface area contributed by atoms with E-state index in [4.69, 9.17) is 5.73 Å². The second kappa shape index (κ2) is 7.71. The molecule has 0 radical (unpaired) electrons. The summed E-state index contributed by atoms with van der Waals surface area (Å²) in [6.07, 6.45) is 8.53. The molecule has 0 fully saturated rings. The van der Waals surface area contributed by atoms with E-state index in [0.717, 1.165) is 16.7 Å². The minimum atomic E-state index is -0.324. The Labute approximate surface area is 161 Å². The molecule has 1 aromatic carbocycles. The van der Waals surface area contributed by atoms with Gasteiger partial charge in [0.2, 0.25) is 0 Å². The highest BCUT2D eigenvalue weighted by atomic mass is 16.1. The van der Waals surface area contributed by atoms with Crippen LogP contribution in [0.15, 0.2) is 79.5 Å². The Morgan fingerprint density at radius 3 is 2.61 bits per heavy atom. The van der Waals surface area contributed by atoms with Gasteiger partial charge < -0.3 is 11.1 Å². The largest absolute Gasteiger partial charge is 0.383 e. The minimum absolute atomic E-state index is 0.173. The van der Waals surface area contributed by atoms with Crippen molar-refractivity contribution in [2.45, 2.75) is 6.54 Å². The Morgan fingerprint density at radius 2 is 1.82 bits per heavy atom. The van der Waals surface area contributed by atoms with Crippen molar-refractivity contribution in [3.8, 4) is 11.1 Å². The van der Waals surface area contributed by atoms with E-state index in [1.54, 1.807) is 43.0 Å². The van der Waals surface area contributed by atoms with Crippen LogP contribution in [-0.2, 0) is 6.54 Å².